The summed E-state index contributed by atoms with van der Waals surface area (Å²) in [4.78, 5) is 29.5. The van der Waals surface area contributed by atoms with Gasteiger partial charge in [-0.3, -0.25) is 9.59 Å². The highest BCUT2D eigenvalue weighted by Gasteiger charge is 2.48. The second-order valence-corrected chi connectivity index (χ2v) is 12.4. The lowest BCUT2D eigenvalue weighted by atomic mass is 9.73. The van der Waals surface area contributed by atoms with E-state index in [4.69, 9.17) is 0 Å². The van der Waals surface area contributed by atoms with Crippen molar-refractivity contribution in [2.45, 2.75) is 50.2 Å². The van der Waals surface area contributed by atoms with Gasteiger partial charge in [0, 0.05) is 31.2 Å². The lowest BCUT2D eigenvalue weighted by Crippen LogP contribution is -2.45. The van der Waals surface area contributed by atoms with Gasteiger partial charge in [0.2, 0.25) is 5.91 Å². The molecule has 0 radical (unpaired) electrons. The van der Waals surface area contributed by atoms with Crippen LogP contribution in [0, 0.1) is 0 Å². The molecule has 1 fully saturated rings. The highest BCUT2D eigenvalue weighted by atomic mass is 19.1. The fraction of sp³-hybridized carbons (Fsp3) is 0.333. The minimum absolute atomic E-state index is 0.00947. The molecule has 46 heavy (non-hydrogen) atoms. The van der Waals surface area contributed by atoms with Gasteiger partial charge in [0.1, 0.15) is 18.8 Å². The number of halogens is 2. The van der Waals surface area contributed by atoms with E-state index in [2.05, 4.69) is 27.7 Å². The number of fused-ring (bicyclic) bond motifs is 3. The van der Waals surface area contributed by atoms with Gasteiger partial charge in [0.25, 0.3) is 5.91 Å². The minimum Gasteiger partial charge on any atom is -0.352 e. The van der Waals surface area contributed by atoms with E-state index in [0.717, 1.165) is 78.7 Å². The van der Waals surface area contributed by atoms with Gasteiger partial charge in [-0.2, -0.15) is 0 Å². The molecule has 0 aromatic heterocycles. The Morgan fingerprint density at radius 3 is 2.00 bits per heavy atom. The predicted octanol–water partition coefficient (Wildman–Crippen LogP) is 7.24. The van der Waals surface area contributed by atoms with Gasteiger partial charge in [-0.05, 0) is 77.2 Å². The molecule has 2 amide bonds. The van der Waals surface area contributed by atoms with E-state index in [1.165, 1.54) is 0 Å². The van der Waals surface area contributed by atoms with Gasteiger partial charge in [-0.1, -0.05) is 97.4 Å². The summed E-state index contributed by atoms with van der Waals surface area (Å²) in [5, 5.41) is 6.11. The van der Waals surface area contributed by atoms with Crippen LogP contribution in [0.1, 0.15) is 59.2 Å². The first-order chi connectivity index (χ1) is 22.5. The Kier molecular flexibility index (Phi) is 9.88. The van der Waals surface area contributed by atoms with Crippen LogP contribution in [-0.2, 0) is 16.9 Å². The first kappa shape index (κ1) is 31.6. The van der Waals surface area contributed by atoms with Crippen molar-refractivity contribution in [3.8, 4) is 22.3 Å². The number of nitrogens with one attached hydrogen (secondary N) is 2. The molecule has 1 saturated heterocycles. The van der Waals surface area contributed by atoms with Crippen LogP contribution >= 0.6 is 0 Å². The molecule has 7 heteroatoms. The van der Waals surface area contributed by atoms with Crippen LogP contribution in [0.4, 0.5) is 8.78 Å². The fourth-order valence-electron chi connectivity index (χ4n) is 7.26. The Bertz CT molecular complexity index is 1620. The Hall–Kier alpha value is -4.36. The summed E-state index contributed by atoms with van der Waals surface area (Å²) in [7, 11) is 0. The third-order valence-corrected chi connectivity index (χ3v) is 9.62. The number of alkyl halides is 2. The number of rotatable bonds is 12. The topological polar surface area (TPSA) is 61.4 Å². The normalized spacial score (nSPS) is 15.6. The third kappa shape index (κ3) is 6.34. The zero-order valence-electron chi connectivity index (χ0n) is 26.1. The van der Waals surface area contributed by atoms with Crippen LogP contribution in [0.3, 0.4) is 0 Å². The van der Waals surface area contributed by atoms with Crippen LogP contribution in [0.25, 0.3) is 22.3 Å². The molecule has 1 aliphatic carbocycles. The standard InChI is InChI=1S/C39H41F2N3O2/c40-22-23-42-38(46)39(35-13-5-3-10-32(35)33-11-4-6-14-36(33)39)21-7-8-24-44-25-19-30(20-26-44)43-37(45)34-12-2-1-9-31(34)29-17-15-28(27-41)16-18-29/h1-6,9-18,30H,7-8,19-27H2,(H,42,46)(H,43,45). The summed E-state index contributed by atoms with van der Waals surface area (Å²) >= 11 is 0. The van der Waals surface area contributed by atoms with Crippen LogP contribution in [0.5, 0.6) is 0 Å². The molecule has 238 valence electrons. The number of benzene rings is 4. The Balaban J connectivity index is 1.04. The highest BCUT2D eigenvalue weighted by Crippen LogP contribution is 2.51. The molecule has 4 aromatic rings. The van der Waals surface area contributed by atoms with Crippen molar-refractivity contribution in [1.82, 2.24) is 15.5 Å². The Labute approximate surface area is 270 Å². The molecule has 0 unspecified atom stereocenters. The SMILES string of the molecule is O=C(NC1CCN(CCCCC2(C(=O)NCCF)c3ccccc3-c3ccccc32)CC1)c1ccccc1-c1ccc(CF)cc1. The van der Waals surface area contributed by atoms with Crippen molar-refractivity contribution in [2.24, 2.45) is 0 Å². The average molecular weight is 622 g/mol. The third-order valence-electron chi connectivity index (χ3n) is 9.62. The molecule has 1 aliphatic heterocycles. The molecule has 2 aliphatic rings. The number of nitrogens with zero attached hydrogens (tertiary/aromatic N) is 1. The van der Waals surface area contributed by atoms with E-state index in [9.17, 15) is 18.4 Å². The van der Waals surface area contributed by atoms with Gasteiger partial charge in [-0.25, -0.2) is 8.78 Å². The summed E-state index contributed by atoms with van der Waals surface area (Å²) in [5.41, 5.74) is 6.30. The van der Waals surface area contributed by atoms with Crippen molar-refractivity contribution in [3.63, 3.8) is 0 Å². The van der Waals surface area contributed by atoms with Crippen LogP contribution in [0.15, 0.2) is 97.1 Å². The second kappa shape index (κ2) is 14.4. The summed E-state index contributed by atoms with van der Waals surface area (Å²) in [5.74, 6) is -0.213. The Morgan fingerprint density at radius 1 is 0.761 bits per heavy atom. The van der Waals surface area contributed by atoms with Crippen LogP contribution < -0.4 is 10.6 Å². The molecule has 0 bridgehead atoms. The van der Waals surface area contributed by atoms with E-state index in [-0.39, 0.29) is 24.4 Å². The van der Waals surface area contributed by atoms with E-state index in [1.807, 2.05) is 72.8 Å². The van der Waals surface area contributed by atoms with Gasteiger partial charge in [0.15, 0.2) is 0 Å². The van der Waals surface area contributed by atoms with E-state index in [1.54, 1.807) is 12.1 Å². The van der Waals surface area contributed by atoms with Crippen LogP contribution in [0.2, 0.25) is 0 Å². The largest absolute Gasteiger partial charge is 0.352 e. The number of carbonyl (C=O) groups is 2. The van der Waals surface area contributed by atoms with Crippen molar-refractivity contribution < 1.29 is 18.4 Å². The quantitative estimate of drug-likeness (QED) is 0.164. The van der Waals surface area contributed by atoms with Crippen LogP contribution in [-0.4, -0.2) is 55.6 Å². The maximum absolute atomic E-state index is 13.8. The first-order valence-corrected chi connectivity index (χ1v) is 16.4. The number of carbonyl (C=O) groups excluding carboxylic acids is 2. The van der Waals surface area contributed by atoms with Crippen molar-refractivity contribution in [3.05, 3.63) is 119 Å². The molecule has 6 rings (SSSR count). The summed E-state index contributed by atoms with van der Waals surface area (Å²) in [6, 6.07) is 31.1. The number of amides is 2. The zero-order chi connectivity index (χ0) is 31.9. The molecule has 0 saturated carbocycles. The molecule has 2 N–H and O–H groups in total. The van der Waals surface area contributed by atoms with Gasteiger partial charge in [0.05, 0.1) is 0 Å². The number of unbranched alkanes of at least 4 members (excludes halogenated alkanes) is 1. The minimum atomic E-state index is -0.828. The number of piperidine rings is 1. The van der Waals surface area contributed by atoms with E-state index < -0.39 is 18.8 Å². The van der Waals surface area contributed by atoms with E-state index >= 15 is 0 Å². The number of likely N-dealkylation sites (tertiary alicyclic amines) is 1. The van der Waals surface area contributed by atoms with Gasteiger partial charge >= 0.3 is 0 Å². The van der Waals surface area contributed by atoms with Gasteiger partial charge in [-0.15, -0.1) is 0 Å². The lowest BCUT2D eigenvalue weighted by Gasteiger charge is -2.33. The summed E-state index contributed by atoms with van der Waals surface area (Å²) < 4.78 is 26.1. The maximum Gasteiger partial charge on any atom is 0.252 e. The second-order valence-electron chi connectivity index (χ2n) is 12.4. The first-order valence-electron chi connectivity index (χ1n) is 16.4. The maximum atomic E-state index is 13.8. The van der Waals surface area contributed by atoms with Crippen molar-refractivity contribution in [2.75, 3.05) is 32.9 Å². The number of hydrogen-bond acceptors (Lipinski definition) is 3. The smallest absolute Gasteiger partial charge is 0.252 e. The summed E-state index contributed by atoms with van der Waals surface area (Å²) in [6.07, 6.45) is 4.19. The highest BCUT2D eigenvalue weighted by molar-refractivity contribution is 6.01. The van der Waals surface area contributed by atoms with Crippen molar-refractivity contribution >= 4 is 11.8 Å². The predicted molar refractivity (Wildman–Crippen MR) is 179 cm³/mol. The molecule has 0 atom stereocenters. The fourth-order valence-corrected chi connectivity index (χ4v) is 7.26. The Morgan fingerprint density at radius 2 is 1.37 bits per heavy atom. The van der Waals surface area contributed by atoms with Crippen molar-refractivity contribution in [1.29, 1.82) is 0 Å². The molecule has 0 spiro atoms. The molecule has 1 heterocycles. The van der Waals surface area contributed by atoms with E-state index in [0.29, 0.717) is 17.5 Å². The summed E-state index contributed by atoms with van der Waals surface area (Å²) in [6.45, 7) is 1.61. The molecule has 4 aromatic carbocycles. The van der Waals surface area contributed by atoms with Gasteiger partial charge < -0.3 is 15.5 Å². The molecule has 5 nitrogen and oxygen atoms in total. The average Bonchev–Trinajstić information content (AvgIpc) is 3.40. The monoisotopic (exact) mass is 621 g/mol. The zero-order valence-corrected chi connectivity index (χ0v) is 26.1. The number of hydrogen-bond donors (Lipinski definition) is 2. The lowest BCUT2D eigenvalue weighted by molar-refractivity contribution is -0.125. The molecular formula is C39H41F2N3O2. The molecular weight excluding hydrogens is 580 g/mol.